The zero-order valence-electron chi connectivity index (χ0n) is 10.3. The highest BCUT2D eigenvalue weighted by molar-refractivity contribution is 5.91. The predicted octanol–water partition coefficient (Wildman–Crippen LogP) is 2.10. The van der Waals surface area contributed by atoms with E-state index in [4.69, 9.17) is 9.84 Å². The Balaban J connectivity index is 2.22. The third-order valence-corrected chi connectivity index (χ3v) is 3.14. The van der Waals surface area contributed by atoms with Gasteiger partial charge in [-0.2, -0.15) is 0 Å². The molecule has 0 aromatic heterocycles. The van der Waals surface area contributed by atoms with Gasteiger partial charge in [0, 0.05) is 0 Å². The predicted molar refractivity (Wildman–Crippen MR) is 65.8 cm³/mol. The summed E-state index contributed by atoms with van der Waals surface area (Å²) in [5.74, 6) is -0.962. The molecule has 1 fully saturated rings. The van der Waals surface area contributed by atoms with Gasteiger partial charge in [0.15, 0.2) is 0 Å². The number of hydrogen-bond donors (Lipinski definition) is 1. The van der Waals surface area contributed by atoms with Crippen molar-refractivity contribution in [3.05, 3.63) is 29.3 Å². The van der Waals surface area contributed by atoms with Gasteiger partial charge in [-0.25, -0.2) is 4.79 Å². The molecule has 1 aliphatic heterocycles. The fraction of sp³-hybridized carbons (Fsp3) is 0.385. The Morgan fingerprint density at radius 1 is 1.50 bits per heavy atom. The minimum atomic E-state index is -0.962. The molecule has 0 saturated carbocycles. The van der Waals surface area contributed by atoms with Gasteiger partial charge in [0.25, 0.3) is 0 Å². The second-order valence-electron chi connectivity index (χ2n) is 4.43. The number of cyclic esters (lactones) is 1. The van der Waals surface area contributed by atoms with Gasteiger partial charge in [0.05, 0.1) is 18.7 Å². The molecular formula is C13H15NO4. The van der Waals surface area contributed by atoms with Crippen molar-refractivity contribution >= 4 is 17.7 Å². The second kappa shape index (κ2) is 4.68. The van der Waals surface area contributed by atoms with E-state index < -0.39 is 18.2 Å². The zero-order valence-corrected chi connectivity index (χ0v) is 10.3. The average Bonchev–Trinajstić information content (AvgIpc) is 2.62. The number of aliphatic carboxylic acids is 1. The Morgan fingerprint density at radius 2 is 2.22 bits per heavy atom. The molecule has 5 heteroatoms. The minimum absolute atomic E-state index is 0.160. The molecular weight excluding hydrogens is 234 g/mol. The molecule has 2 rings (SSSR count). The topological polar surface area (TPSA) is 66.8 Å². The molecule has 1 aromatic rings. The molecule has 96 valence electrons. The number of hydrogen-bond acceptors (Lipinski definition) is 3. The third-order valence-electron chi connectivity index (χ3n) is 3.14. The van der Waals surface area contributed by atoms with Gasteiger partial charge in [-0.1, -0.05) is 12.1 Å². The molecule has 1 aromatic carbocycles. The smallest absolute Gasteiger partial charge is 0.414 e. The molecule has 0 bridgehead atoms. The van der Waals surface area contributed by atoms with Crippen molar-refractivity contribution in [2.75, 3.05) is 11.4 Å². The monoisotopic (exact) mass is 249 g/mol. The van der Waals surface area contributed by atoms with Crippen molar-refractivity contribution in [2.45, 2.75) is 26.4 Å². The summed E-state index contributed by atoms with van der Waals surface area (Å²) in [5.41, 5.74) is 2.88. The number of aryl methyl sites for hydroxylation is 1. The lowest BCUT2D eigenvalue weighted by Gasteiger charge is -2.16. The third kappa shape index (κ3) is 2.30. The van der Waals surface area contributed by atoms with Gasteiger partial charge in [-0.3, -0.25) is 9.69 Å². The molecule has 1 unspecified atom stereocenters. The molecule has 5 nitrogen and oxygen atoms in total. The SMILES string of the molecule is Cc1cccc(N2CC(CC(=O)O)OC2=O)c1C. The summed E-state index contributed by atoms with van der Waals surface area (Å²) in [6.07, 6.45) is -1.21. The van der Waals surface area contributed by atoms with E-state index in [1.54, 1.807) is 0 Å². The van der Waals surface area contributed by atoms with Crippen molar-refractivity contribution < 1.29 is 19.4 Å². The summed E-state index contributed by atoms with van der Waals surface area (Å²) in [6.45, 7) is 4.19. The van der Waals surface area contributed by atoms with E-state index in [1.165, 1.54) is 4.90 Å². The molecule has 0 radical (unpaired) electrons. The lowest BCUT2D eigenvalue weighted by molar-refractivity contribution is -0.138. The number of benzene rings is 1. The summed E-state index contributed by atoms with van der Waals surface area (Å²) >= 11 is 0. The normalized spacial score (nSPS) is 18.9. The number of carboxylic acids is 1. The maximum Gasteiger partial charge on any atom is 0.414 e. The van der Waals surface area contributed by atoms with Crippen molar-refractivity contribution in [1.82, 2.24) is 0 Å². The largest absolute Gasteiger partial charge is 0.481 e. The molecule has 1 heterocycles. The van der Waals surface area contributed by atoms with Crippen LogP contribution in [0.2, 0.25) is 0 Å². The molecule has 1 aliphatic rings. The Morgan fingerprint density at radius 3 is 2.89 bits per heavy atom. The first kappa shape index (κ1) is 12.4. The van der Waals surface area contributed by atoms with E-state index in [1.807, 2.05) is 32.0 Å². The van der Waals surface area contributed by atoms with Crippen LogP contribution in [-0.2, 0) is 9.53 Å². The van der Waals surface area contributed by atoms with Gasteiger partial charge < -0.3 is 9.84 Å². The molecule has 1 amide bonds. The molecule has 1 N–H and O–H groups in total. The van der Waals surface area contributed by atoms with Gasteiger partial charge in [0.2, 0.25) is 0 Å². The lowest BCUT2D eigenvalue weighted by Crippen LogP contribution is -2.26. The van der Waals surface area contributed by atoms with Gasteiger partial charge >= 0.3 is 12.1 Å². The first-order valence-electron chi connectivity index (χ1n) is 5.75. The Labute approximate surface area is 105 Å². The molecule has 18 heavy (non-hydrogen) atoms. The Hall–Kier alpha value is -2.04. The van der Waals surface area contributed by atoms with Crippen LogP contribution in [0.5, 0.6) is 0 Å². The number of amides is 1. The first-order valence-corrected chi connectivity index (χ1v) is 5.75. The van der Waals surface area contributed by atoms with Crippen LogP contribution in [0.1, 0.15) is 17.5 Å². The Kier molecular flexibility index (Phi) is 3.23. The van der Waals surface area contributed by atoms with Crippen molar-refractivity contribution in [1.29, 1.82) is 0 Å². The second-order valence-corrected chi connectivity index (χ2v) is 4.43. The van der Waals surface area contributed by atoms with Crippen molar-refractivity contribution in [3.63, 3.8) is 0 Å². The van der Waals surface area contributed by atoms with Crippen LogP contribution in [0.25, 0.3) is 0 Å². The molecule has 0 spiro atoms. The standard InChI is InChI=1S/C13H15NO4/c1-8-4-3-5-11(9(8)2)14-7-10(6-12(15)16)18-13(14)17/h3-5,10H,6-7H2,1-2H3,(H,15,16). The first-order chi connectivity index (χ1) is 8.49. The average molecular weight is 249 g/mol. The summed E-state index contributed by atoms with van der Waals surface area (Å²) in [4.78, 5) is 23.9. The van der Waals surface area contributed by atoms with Crippen LogP contribution in [0.15, 0.2) is 18.2 Å². The van der Waals surface area contributed by atoms with E-state index in [2.05, 4.69) is 0 Å². The minimum Gasteiger partial charge on any atom is -0.481 e. The Bertz CT molecular complexity index is 498. The zero-order chi connectivity index (χ0) is 13.3. The van der Waals surface area contributed by atoms with Crippen LogP contribution < -0.4 is 4.90 Å². The fourth-order valence-corrected chi connectivity index (χ4v) is 2.05. The lowest BCUT2D eigenvalue weighted by atomic mass is 10.1. The van der Waals surface area contributed by atoms with Crippen LogP contribution >= 0.6 is 0 Å². The fourth-order valence-electron chi connectivity index (χ4n) is 2.05. The maximum absolute atomic E-state index is 11.7. The van der Waals surface area contributed by atoms with Gasteiger partial charge in [-0.05, 0) is 31.0 Å². The number of carbonyl (C=O) groups excluding carboxylic acids is 1. The quantitative estimate of drug-likeness (QED) is 0.890. The number of ether oxygens (including phenoxy) is 1. The van der Waals surface area contributed by atoms with E-state index in [9.17, 15) is 9.59 Å². The number of nitrogens with zero attached hydrogens (tertiary/aromatic N) is 1. The van der Waals surface area contributed by atoms with E-state index >= 15 is 0 Å². The van der Waals surface area contributed by atoms with Gasteiger partial charge in [0.1, 0.15) is 6.10 Å². The summed E-state index contributed by atoms with van der Waals surface area (Å²) in [7, 11) is 0. The molecule has 0 aliphatic carbocycles. The van der Waals surface area contributed by atoms with Crippen LogP contribution in [0.3, 0.4) is 0 Å². The van der Waals surface area contributed by atoms with Crippen LogP contribution in [-0.4, -0.2) is 29.8 Å². The van der Waals surface area contributed by atoms with Crippen LogP contribution in [0.4, 0.5) is 10.5 Å². The number of rotatable bonds is 3. The molecule has 1 atom stereocenters. The van der Waals surface area contributed by atoms with Crippen molar-refractivity contribution in [3.8, 4) is 0 Å². The molecule has 1 saturated heterocycles. The highest BCUT2D eigenvalue weighted by Gasteiger charge is 2.34. The number of carbonyl (C=O) groups is 2. The highest BCUT2D eigenvalue weighted by Crippen LogP contribution is 2.27. The summed E-state index contributed by atoms with van der Waals surface area (Å²) in [5, 5.41) is 8.71. The number of carboxylic acid groups (broad SMARTS) is 1. The van der Waals surface area contributed by atoms with Crippen LogP contribution in [0, 0.1) is 13.8 Å². The van der Waals surface area contributed by atoms with E-state index in [0.717, 1.165) is 16.8 Å². The van der Waals surface area contributed by atoms with Gasteiger partial charge in [-0.15, -0.1) is 0 Å². The summed E-state index contributed by atoms with van der Waals surface area (Å²) in [6, 6.07) is 5.68. The van der Waals surface area contributed by atoms with E-state index in [-0.39, 0.29) is 13.0 Å². The maximum atomic E-state index is 11.7. The highest BCUT2D eigenvalue weighted by atomic mass is 16.6. The number of anilines is 1. The van der Waals surface area contributed by atoms with Crippen molar-refractivity contribution in [2.24, 2.45) is 0 Å². The summed E-state index contributed by atoms with van der Waals surface area (Å²) < 4.78 is 5.04. The van der Waals surface area contributed by atoms with E-state index in [0.29, 0.717) is 0 Å².